The molecular weight excluding hydrogens is 266 g/mol. The van der Waals surface area contributed by atoms with Crippen LogP contribution in [-0.4, -0.2) is 18.0 Å². The van der Waals surface area contributed by atoms with Crippen molar-refractivity contribution in [1.29, 1.82) is 0 Å². The van der Waals surface area contributed by atoms with E-state index < -0.39 is 5.97 Å². The van der Waals surface area contributed by atoms with Crippen LogP contribution in [0.3, 0.4) is 0 Å². The maximum Gasteiger partial charge on any atom is 0.355 e. The average molecular weight is 282 g/mol. The monoisotopic (exact) mass is 281 g/mol. The van der Waals surface area contributed by atoms with E-state index in [0.717, 1.165) is 5.56 Å². The Bertz CT molecular complexity index is 492. The predicted molar refractivity (Wildman–Crippen MR) is 74.5 cm³/mol. The summed E-state index contributed by atoms with van der Waals surface area (Å²) in [4.78, 5) is 22.9. The molecule has 4 nitrogen and oxygen atoms in total. The van der Waals surface area contributed by atoms with Crippen LogP contribution in [0.5, 0.6) is 0 Å². The van der Waals surface area contributed by atoms with Crippen molar-refractivity contribution < 1.29 is 14.3 Å². The fourth-order valence-electron chi connectivity index (χ4n) is 1.34. The smallest absolute Gasteiger partial charge is 0.355 e. The predicted octanol–water partition coefficient (Wildman–Crippen LogP) is 2.77. The standard InChI is InChI=1S/C14H16ClNO3/c1-9(2)19-14(18)13(16-10(3)17)8-11-4-6-12(15)7-5-11/h4-9H,1-3H3,(H,16,17)/b13-8+. The van der Waals surface area contributed by atoms with Gasteiger partial charge in [0.05, 0.1) is 6.10 Å². The van der Waals surface area contributed by atoms with E-state index in [1.54, 1.807) is 44.2 Å². The highest BCUT2D eigenvalue weighted by atomic mass is 35.5. The van der Waals surface area contributed by atoms with Crippen LogP contribution in [-0.2, 0) is 14.3 Å². The minimum atomic E-state index is -0.569. The van der Waals surface area contributed by atoms with E-state index in [0.29, 0.717) is 5.02 Å². The van der Waals surface area contributed by atoms with Gasteiger partial charge in [0.2, 0.25) is 5.91 Å². The van der Waals surface area contributed by atoms with Crippen LogP contribution in [0.2, 0.25) is 5.02 Å². The Morgan fingerprint density at radius 2 is 1.84 bits per heavy atom. The Morgan fingerprint density at radius 3 is 2.32 bits per heavy atom. The number of benzene rings is 1. The minimum Gasteiger partial charge on any atom is -0.458 e. The fraction of sp³-hybridized carbons (Fsp3) is 0.286. The Balaban J connectivity index is 2.98. The van der Waals surface area contributed by atoms with E-state index in [9.17, 15) is 9.59 Å². The van der Waals surface area contributed by atoms with Crippen molar-refractivity contribution in [3.63, 3.8) is 0 Å². The Kier molecular flexibility index (Phi) is 5.57. The minimum absolute atomic E-state index is 0.100. The average Bonchev–Trinajstić information content (AvgIpc) is 2.29. The molecule has 0 saturated carbocycles. The molecule has 0 unspecified atom stereocenters. The lowest BCUT2D eigenvalue weighted by molar-refractivity contribution is -0.143. The van der Waals surface area contributed by atoms with Gasteiger partial charge in [0, 0.05) is 11.9 Å². The number of nitrogens with one attached hydrogen (secondary N) is 1. The molecule has 0 radical (unpaired) electrons. The lowest BCUT2D eigenvalue weighted by atomic mass is 10.2. The van der Waals surface area contributed by atoms with Crippen LogP contribution in [0.4, 0.5) is 0 Å². The van der Waals surface area contributed by atoms with Gasteiger partial charge in [-0.3, -0.25) is 4.79 Å². The number of rotatable bonds is 4. The Morgan fingerprint density at radius 1 is 1.26 bits per heavy atom. The molecule has 1 rings (SSSR count). The number of halogens is 1. The summed E-state index contributed by atoms with van der Waals surface area (Å²) in [7, 11) is 0. The summed E-state index contributed by atoms with van der Waals surface area (Å²) in [6.07, 6.45) is 1.29. The number of hydrogen-bond donors (Lipinski definition) is 1. The second-order valence-electron chi connectivity index (χ2n) is 4.24. The SMILES string of the molecule is CC(=O)N/C(=C/c1ccc(Cl)cc1)C(=O)OC(C)C. The molecule has 0 aliphatic rings. The molecule has 0 heterocycles. The van der Waals surface area contributed by atoms with E-state index >= 15 is 0 Å². The van der Waals surface area contributed by atoms with Gasteiger partial charge in [-0.25, -0.2) is 4.79 Å². The fourth-order valence-corrected chi connectivity index (χ4v) is 1.46. The zero-order valence-corrected chi connectivity index (χ0v) is 11.8. The molecular formula is C14H16ClNO3. The van der Waals surface area contributed by atoms with Gasteiger partial charge in [0.1, 0.15) is 5.70 Å². The van der Waals surface area contributed by atoms with E-state index in [4.69, 9.17) is 16.3 Å². The van der Waals surface area contributed by atoms with Crippen molar-refractivity contribution in [1.82, 2.24) is 5.32 Å². The van der Waals surface area contributed by atoms with Crippen LogP contribution < -0.4 is 5.32 Å². The summed E-state index contributed by atoms with van der Waals surface area (Å²) in [5.74, 6) is -0.902. The summed E-state index contributed by atoms with van der Waals surface area (Å²) in [6.45, 7) is 4.81. The van der Waals surface area contributed by atoms with Gasteiger partial charge in [-0.2, -0.15) is 0 Å². The Hall–Kier alpha value is -1.81. The van der Waals surface area contributed by atoms with Gasteiger partial charge < -0.3 is 10.1 Å². The first-order chi connectivity index (χ1) is 8.88. The summed E-state index contributed by atoms with van der Waals surface area (Å²) >= 11 is 5.78. The first kappa shape index (κ1) is 15.2. The zero-order valence-electron chi connectivity index (χ0n) is 11.1. The first-order valence-corrected chi connectivity index (χ1v) is 6.22. The summed E-state index contributed by atoms with van der Waals surface area (Å²) in [5, 5.41) is 3.06. The van der Waals surface area contributed by atoms with Gasteiger partial charge in [-0.05, 0) is 37.6 Å². The number of hydrogen-bond acceptors (Lipinski definition) is 3. The van der Waals surface area contributed by atoms with Crippen LogP contribution >= 0.6 is 11.6 Å². The maximum absolute atomic E-state index is 11.8. The van der Waals surface area contributed by atoms with Crippen molar-refractivity contribution in [2.45, 2.75) is 26.9 Å². The lowest BCUT2D eigenvalue weighted by Crippen LogP contribution is -2.27. The molecule has 0 aliphatic heterocycles. The molecule has 5 heteroatoms. The lowest BCUT2D eigenvalue weighted by Gasteiger charge is -2.11. The van der Waals surface area contributed by atoms with Gasteiger partial charge in [-0.15, -0.1) is 0 Å². The molecule has 0 bridgehead atoms. The van der Waals surface area contributed by atoms with Gasteiger partial charge in [-0.1, -0.05) is 23.7 Å². The third-order valence-corrected chi connectivity index (χ3v) is 2.31. The molecule has 19 heavy (non-hydrogen) atoms. The van der Waals surface area contributed by atoms with E-state index in [2.05, 4.69) is 5.32 Å². The molecule has 0 fully saturated rings. The number of esters is 1. The van der Waals surface area contributed by atoms with Crippen molar-refractivity contribution >= 4 is 29.6 Å². The molecule has 1 aromatic rings. The van der Waals surface area contributed by atoms with E-state index in [1.165, 1.54) is 6.92 Å². The Labute approximate surface area is 117 Å². The largest absolute Gasteiger partial charge is 0.458 e. The number of carbonyl (C=O) groups is 2. The quantitative estimate of drug-likeness (QED) is 0.682. The van der Waals surface area contributed by atoms with Crippen molar-refractivity contribution in [2.24, 2.45) is 0 Å². The van der Waals surface area contributed by atoms with E-state index in [1.807, 2.05) is 0 Å². The van der Waals surface area contributed by atoms with Crippen LogP contribution in [0, 0.1) is 0 Å². The highest BCUT2D eigenvalue weighted by Crippen LogP contribution is 2.12. The summed E-state index contributed by atoms with van der Waals surface area (Å²) < 4.78 is 5.06. The van der Waals surface area contributed by atoms with Gasteiger partial charge in [0.15, 0.2) is 0 Å². The van der Waals surface area contributed by atoms with Crippen LogP contribution in [0.1, 0.15) is 26.3 Å². The second kappa shape index (κ2) is 6.95. The summed E-state index contributed by atoms with van der Waals surface area (Å²) in [6, 6.07) is 6.89. The molecule has 1 aromatic carbocycles. The molecule has 1 N–H and O–H groups in total. The number of carbonyl (C=O) groups excluding carboxylic acids is 2. The molecule has 1 amide bonds. The molecule has 0 atom stereocenters. The molecule has 0 aromatic heterocycles. The first-order valence-electron chi connectivity index (χ1n) is 5.84. The molecule has 0 saturated heterocycles. The van der Waals surface area contributed by atoms with Gasteiger partial charge in [0.25, 0.3) is 0 Å². The van der Waals surface area contributed by atoms with Crippen molar-refractivity contribution in [2.75, 3.05) is 0 Å². The molecule has 102 valence electrons. The highest BCUT2D eigenvalue weighted by Gasteiger charge is 2.14. The third-order valence-electron chi connectivity index (χ3n) is 2.05. The topological polar surface area (TPSA) is 55.4 Å². The molecule has 0 spiro atoms. The molecule has 0 aliphatic carbocycles. The highest BCUT2D eigenvalue weighted by molar-refractivity contribution is 6.30. The second-order valence-corrected chi connectivity index (χ2v) is 4.68. The van der Waals surface area contributed by atoms with E-state index in [-0.39, 0.29) is 17.7 Å². The van der Waals surface area contributed by atoms with Crippen molar-refractivity contribution in [3.05, 3.63) is 40.5 Å². The normalized spacial score (nSPS) is 11.3. The maximum atomic E-state index is 11.8. The van der Waals surface area contributed by atoms with Crippen LogP contribution in [0.15, 0.2) is 30.0 Å². The number of amides is 1. The number of ether oxygens (including phenoxy) is 1. The van der Waals surface area contributed by atoms with Crippen molar-refractivity contribution in [3.8, 4) is 0 Å². The summed E-state index contributed by atoms with van der Waals surface area (Å²) in [5.41, 5.74) is 0.845. The van der Waals surface area contributed by atoms with Gasteiger partial charge >= 0.3 is 5.97 Å². The zero-order chi connectivity index (χ0) is 14.4. The van der Waals surface area contributed by atoms with Crippen LogP contribution in [0.25, 0.3) is 6.08 Å². The third kappa shape index (κ3) is 5.57.